The van der Waals surface area contributed by atoms with Crippen LogP contribution in [0.25, 0.3) is 33.1 Å². The van der Waals surface area contributed by atoms with Crippen LogP contribution >= 0.6 is 0 Å². The maximum Gasteiger partial charge on any atom is 0.270 e. The lowest BCUT2D eigenvalue weighted by Crippen LogP contribution is -1.90. The van der Waals surface area contributed by atoms with Crippen molar-refractivity contribution in [1.82, 2.24) is 15.0 Å². The van der Waals surface area contributed by atoms with E-state index in [0.29, 0.717) is 5.69 Å². The lowest BCUT2D eigenvalue weighted by Gasteiger charge is -2.07. The van der Waals surface area contributed by atoms with Crippen molar-refractivity contribution < 1.29 is 5.11 Å². The first-order valence-corrected chi connectivity index (χ1v) is 9.65. The predicted molar refractivity (Wildman–Crippen MR) is 119 cm³/mol. The molecule has 0 saturated heterocycles. The monoisotopic (exact) mass is 393 g/mol. The van der Waals surface area contributed by atoms with Crippen LogP contribution in [0.4, 0.5) is 11.6 Å². The van der Waals surface area contributed by atoms with Crippen molar-refractivity contribution in [3.8, 4) is 17.1 Å². The van der Waals surface area contributed by atoms with Gasteiger partial charge < -0.3 is 10.1 Å². The van der Waals surface area contributed by atoms with E-state index >= 15 is 0 Å². The smallest absolute Gasteiger partial charge is 0.270 e. The molecule has 0 unspecified atom stereocenters. The first-order valence-electron chi connectivity index (χ1n) is 9.65. The molecular weight excluding hydrogens is 374 g/mol. The molecule has 2 heterocycles. The summed E-state index contributed by atoms with van der Waals surface area (Å²) in [5.74, 6) is 0.213. The van der Waals surface area contributed by atoms with E-state index in [0.717, 1.165) is 38.6 Å². The number of aromatic hydroxyl groups is 1. The van der Waals surface area contributed by atoms with Gasteiger partial charge in [-0.1, -0.05) is 59.7 Å². The summed E-state index contributed by atoms with van der Waals surface area (Å²) in [6.45, 7) is 4.04. The summed E-state index contributed by atoms with van der Waals surface area (Å²) < 4.78 is 0. The number of nitrogens with zero attached hydrogens (tertiary/aromatic N) is 4. The van der Waals surface area contributed by atoms with Gasteiger partial charge in [0.05, 0.1) is 16.7 Å². The van der Waals surface area contributed by atoms with Gasteiger partial charge in [0.25, 0.3) is 5.95 Å². The Balaban J connectivity index is 1.64. The number of aryl methyl sites for hydroxylation is 2. The molecule has 6 nitrogen and oxygen atoms in total. The Labute approximate surface area is 173 Å². The Morgan fingerprint density at radius 1 is 0.800 bits per heavy atom. The van der Waals surface area contributed by atoms with Crippen LogP contribution in [0.2, 0.25) is 0 Å². The third-order valence-corrected chi connectivity index (χ3v) is 5.06. The second kappa shape index (κ2) is 7.08. The lowest BCUT2D eigenvalue weighted by molar-refractivity contribution is 0.459. The summed E-state index contributed by atoms with van der Waals surface area (Å²) in [4.78, 5) is 12.1. The highest BCUT2D eigenvalue weighted by molar-refractivity contribution is 5.95. The van der Waals surface area contributed by atoms with Gasteiger partial charge in [-0.2, -0.15) is 0 Å². The summed E-state index contributed by atoms with van der Waals surface area (Å²) in [6, 6.07) is 21.9. The molecule has 0 bridgehead atoms. The molecule has 30 heavy (non-hydrogen) atoms. The fraction of sp³-hybridized carbons (Fsp3) is 0.0833. The molecule has 6 heteroatoms. The number of fused-ring (bicyclic) bond motifs is 2. The van der Waals surface area contributed by atoms with Crippen molar-refractivity contribution in [2.75, 3.05) is 0 Å². The molecule has 0 aliphatic rings. The van der Waals surface area contributed by atoms with Crippen LogP contribution < -0.4 is 0 Å². The van der Waals surface area contributed by atoms with Gasteiger partial charge in [-0.3, -0.25) is 0 Å². The number of benzene rings is 3. The second-order valence-corrected chi connectivity index (χ2v) is 7.33. The van der Waals surface area contributed by atoms with Crippen LogP contribution in [-0.2, 0) is 0 Å². The number of hydrogen-bond donors (Lipinski definition) is 2. The Hall–Kier alpha value is -4.06. The van der Waals surface area contributed by atoms with Gasteiger partial charge >= 0.3 is 0 Å². The average molecular weight is 393 g/mol. The summed E-state index contributed by atoms with van der Waals surface area (Å²) >= 11 is 0. The van der Waals surface area contributed by atoms with Crippen LogP contribution in [-0.4, -0.2) is 20.1 Å². The van der Waals surface area contributed by atoms with Gasteiger partial charge in [0.2, 0.25) is 5.88 Å². The molecule has 3 aromatic carbocycles. The third kappa shape index (κ3) is 3.18. The molecule has 0 fully saturated rings. The van der Waals surface area contributed by atoms with Gasteiger partial charge in [-0.15, -0.1) is 10.2 Å². The van der Waals surface area contributed by atoms with E-state index in [-0.39, 0.29) is 11.8 Å². The Morgan fingerprint density at radius 3 is 2.40 bits per heavy atom. The summed E-state index contributed by atoms with van der Waals surface area (Å²) in [6.07, 6.45) is 0. The highest BCUT2D eigenvalue weighted by Gasteiger charge is 2.12. The quantitative estimate of drug-likeness (QED) is 0.342. The lowest BCUT2D eigenvalue weighted by atomic mass is 10.1. The molecule has 0 atom stereocenters. The van der Waals surface area contributed by atoms with Crippen molar-refractivity contribution in [3.05, 3.63) is 77.9 Å². The van der Waals surface area contributed by atoms with E-state index in [4.69, 9.17) is 0 Å². The van der Waals surface area contributed by atoms with Gasteiger partial charge in [-0.05, 0) is 32.0 Å². The van der Waals surface area contributed by atoms with E-state index in [1.54, 1.807) is 0 Å². The zero-order valence-electron chi connectivity index (χ0n) is 16.6. The molecule has 5 rings (SSSR count). The molecule has 0 radical (unpaired) electrons. The SMILES string of the molecule is Cc1ccc(-c2nc(N=Nc3c(O)[nH]c4ccc(C)cc34)nc3ccccc23)cc1. The molecule has 0 aliphatic heterocycles. The van der Waals surface area contributed by atoms with Gasteiger partial charge in [0.15, 0.2) is 5.69 Å². The number of hydrogen-bond acceptors (Lipinski definition) is 5. The highest BCUT2D eigenvalue weighted by atomic mass is 16.3. The number of aromatic nitrogens is 3. The number of para-hydroxylation sites is 1. The first kappa shape index (κ1) is 18.0. The predicted octanol–water partition coefficient (Wildman–Crippen LogP) is 6.52. The number of azo groups is 1. The molecule has 2 N–H and O–H groups in total. The van der Waals surface area contributed by atoms with Crippen molar-refractivity contribution in [2.45, 2.75) is 13.8 Å². The van der Waals surface area contributed by atoms with Crippen LogP contribution in [0.3, 0.4) is 0 Å². The minimum Gasteiger partial charge on any atom is -0.493 e. The van der Waals surface area contributed by atoms with Crippen molar-refractivity contribution in [2.24, 2.45) is 10.2 Å². The molecule has 0 aliphatic carbocycles. The Morgan fingerprint density at radius 2 is 1.57 bits per heavy atom. The standard InChI is InChI=1S/C24H19N5O/c1-14-7-10-16(11-8-14)21-17-5-3-4-6-19(17)26-24(27-21)29-28-22-18-13-15(2)9-12-20(18)25-23(22)30/h3-13,25,30H,1-2H3. The Bertz CT molecular complexity index is 1420. The van der Waals surface area contributed by atoms with Crippen molar-refractivity contribution in [3.63, 3.8) is 0 Å². The molecule has 2 aromatic heterocycles. The van der Waals surface area contributed by atoms with Crippen LogP contribution in [0.15, 0.2) is 77.0 Å². The average Bonchev–Trinajstić information content (AvgIpc) is 3.06. The fourth-order valence-corrected chi connectivity index (χ4v) is 3.51. The van der Waals surface area contributed by atoms with E-state index < -0.39 is 0 Å². The highest BCUT2D eigenvalue weighted by Crippen LogP contribution is 2.37. The minimum atomic E-state index is -0.0288. The van der Waals surface area contributed by atoms with Gasteiger partial charge in [0.1, 0.15) is 0 Å². The molecule has 5 aromatic rings. The van der Waals surface area contributed by atoms with Crippen LogP contribution in [0.5, 0.6) is 5.88 Å². The zero-order valence-corrected chi connectivity index (χ0v) is 16.6. The van der Waals surface area contributed by atoms with Gasteiger partial charge in [-0.25, -0.2) is 9.97 Å². The Kier molecular flexibility index (Phi) is 4.25. The topological polar surface area (TPSA) is 86.5 Å². The van der Waals surface area contributed by atoms with Gasteiger partial charge in [0, 0.05) is 16.3 Å². The van der Waals surface area contributed by atoms with E-state index in [1.165, 1.54) is 5.56 Å². The van der Waals surface area contributed by atoms with Crippen LogP contribution in [0, 0.1) is 13.8 Å². The van der Waals surface area contributed by atoms with Crippen molar-refractivity contribution >= 4 is 33.4 Å². The molecule has 0 amide bonds. The largest absolute Gasteiger partial charge is 0.493 e. The first-order chi connectivity index (χ1) is 14.6. The number of rotatable bonds is 3. The summed E-state index contributed by atoms with van der Waals surface area (Å²) in [7, 11) is 0. The molecule has 0 spiro atoms. The normalized spacial score (nSPS) is 11.7. The summed E-state index contributed by atoms with van der Waals surface area (Å²) in [5, 5.41) is 20.6. The second-order valence-electron chi connectivity index (χ2n) is 7.33. The maximum absolute atomic E-state index is 10.3. The maximum atomic E-state index is 10.3. The molecule has 146 valence electrons. The number of nitrogens with one attached hydrogen (secondary N) is 1. The number of H-pyrrole nitrogens is 1. The minimum absolute atomic E-state index is 0.0288. The van der Waals surface area contributed by atoms with Crippen LogP contribution in [0.1, 0.15) is 11.1 Å². The third-order valence-electron chi connectivity index (χ3n) is 5.06. The van der Waals surface area contributed by atoms with E-state index in [9.17, 15) is 5.11 Å². The molecular formula is C24H19N5O. The number of aromatic amines is 1. The van der Waals surface area contributed by atoms with Crippen molar-refractivity contribution in [1.29, 1.82) is 0 Å². The molecule has 0 saturated carbocycles. The van der Waals surface area contributed by atoms with E-state index in [2.05, 4.69) is 44.2 Å². The fourth-order valence-electron chi connectivity index (χ4n) is 3.51. The van der Waals surface area contributed by atoms with E-state index in [1.807, 2.05) is 61.5 Å². The zero-order chi connectivity index (χ0) is 20.7. The summed E-state index contributed by atoms with van der Waals surface area (Å²) in [5.41, 5.74) is 6.00.